The number of H-pyrrole nitrogens is 1. The Labute approximate surface area is 130 Å². The van der Waals surface area contributed by atoms with Crippen molar-refractivity contribution in [3.8, 4) is 5.75 Å². The van der Waals surface area contributed by atoms with Gasteiger partial charge in [-0.1, -0.05) is 30.3 Å². The number of nitrogens with two attached hydrogens (primary N) is 1. The molecule has 6 heteroatoms. The van der Waals surface area contributed by atoms with Crippen molar-refractivity contribution in [3.05, 3.63) is 65.4 Å². The maximum absolute atomic E-state index is 12.2. The van der Waals surface area contributed by atoms with E-state index in [1.165, 1.54) is 12.1 Å². The van der Waals surface area contributed by atoms with Crippen molar-refractivity contribution in [2.24, 2.45) is 5.73 Å². The summed E-state index contributed by atoms with van der Waals surface area (Å²) in [5, 5.41) is 1.01. The van der Waals surface area contributed by atoms with Crippen LogP contribution >= 0.6 is 0 Å². The Morgan fingerprint density at radius 1 is 1.04 bits per heavy atom. The third-order valence-electron chi connectivity index (χ3n) is 3.73. The minimum atomic E-state index is -4.70. The Hall–Kier alpha value is -2.47. The molecule has 3 N–H and O–H groups in total. The van der Waals surface area contributed by atoms with E-state index in [-0.39, 0.29) is 5.75 Å². The van der Waals surface area contributed by atoms with Gasteiger partial charge in [0.05, 0.1) is 6.04 Å². The fourth-order valence-corrected chi connectivity index (χ4v) is 2.74. The molecule has 1 heterocycles. The van der Waals surface area contributed by atoms with Gasteiger partial charge >= 0.3 is 6.36 Å². The van der Waals surface area contributed by atoms with Crippen LogP contribution in [0.3, 0.4) is 0 Å². The van der Waals surface area contributed by atoms with E-state index in [9.17, 15) is 13.2 Å². The second-order valence-corrected chi connectivity index (χ2v) is 5.30. The molecule has 0 radical (unpaired) electrons. The summed E-state index contributed by atoms with van der Waals surface area (Å²) in [4.78, 5) is 3.27. The number of halogens is 3. The molecule has 0 saturated carbocycles. The molecule has 3 nitrogen and oxygen atoms in total. The van der Waals surface area contributed by atoms with Gasteiger partial charge in [-0.2, -0.15) is 0 Å². The summed E-state index contributed by atoms with van der Waals surface area (Å²) in [7, 11) is 0. The third-order valence-corrected chi connectivity index (χ3v) is 3.73. The molecule has 0 bridgehead atoms. The number of hydrogen-bond acceptors (Lipinski definition) is 2. The number of nitrogens with one attached hydrogen (secondary N) is 1. The first-order chi connectivity index (χ1) is 10.8. The van der Waals surface area contributed by atoms with E-state index in [2.05, 4.69) is 9.72 Å². The quantitative estimate of drug-likeness (QED) is 0.750. The minimum Gasteiger partial charge on any atom is -0.406 e. The SMILES string of the molecule is Cc1[nH]c2ccccc2c1[C@H](N)c1ccc(OC(F)(F)F)cc1. The van der Waals surface area contributed by atoms with Crippen LogP contribution in [0.2, 0.25) is 0 Å². The molecule has 0 saturated heterocycles. The molecule has 0 fully saturated rings. The van der Waals surface area contributed by atoms with Gasteiger partial charge in [0, 0.05) is 22.2 Å². The lowest BCUT2D eigenvalue weighted by Gasteiger charge is -2.14. The summed E-state index contributed by atoms with van der Waals surface area (Å²) in [5.74, 6) is -0.260. The highest BCUT2D eigenvalue weighted by Crippen LogP contribution is 2.31. The van der Waals surface area contributed by atoms with Gasteiger partial charge in [0.15, 0.2) is 0 Å². The lowest BCUT2D eigenvalue weighted by atomic mass is 9.97. The van der Waals surface area contributed by atoms with Crippen LogP contribution in [0.25, 0.3) is 10.9 Å². The average Bonchev–Trinajstić information content (AvgIpc) is 2.81. The number of aromatic nitrogens is 1. The molecule has 2 aromatic carbocycles. The Balaban J connectivity index is 1.93. The number of para-hydroxylation sites is 1. The molecule has 0 spiro atoms. The van der Waals surface area contributed by atoms with Gasteiger partial charge in [-0.25, -0.2) is 0 Å². The number of rotatable bonds is 3. The van der Waals surface area contributed by atoms with Gasteiger partial charge in [-0.15, -0.1) is 13.2 Å². The topological polar surface area (TPSA) is 51.0 Å². The van der Waals surface area contributed by atoms with Crippen molar-refractivity contribution in [1.29, 1.82) is 0 Å². The summed E-state index contributed by atoms with van der Waals surface area (Å²) >= 11 is 0. The first kappa shape index (κ1) is 15.4. The van der Waals surface area contributed by atoms with Gasteiger partial charge in [-0.3, -0.25) is 0 Å². The molecule has 120 valence electrons. The molecule has 3 rings (SSSR count). The maximum atomic E-state index is 12.2. The Bertz CT molecular complexity index is 822. The van der Waals surface area contributed by atoms with E-state index in [0.717, 1.165) is 22.2 Å². The molecule has 0 unspecified atom stereocenters. The first-order valence-corrected chi connectivity index (χ1v) is 7.03. The Kier molecular flexibility index (Phi) is 3.77. The number of aryl methyl sites for hydroxylation is 1. The van der Waals surface area contributed by atoms with Gasteiger partial charge in [-0.05, 0) is 30.7 Å². The highest BCUT2D eigenvalue weighted by atomic mass is 19.4. The number of hydrogen-bond donors (Lipinski definition) is 2. The van der Waals surface area contributed by atoms with Crippen LogP contribution < -0.4 is 10.5 Å². The Morgan fingerprint density at radius 2 is 1.70 bits per heavy atom. The van der Waals surface area contributed by atoms with E-state index >= 15 is 0 Å². The van der Waals surface area contributed by atoms with E-state index in [0.29, 0.717) is 5.56 Å². The zero-order valence-electron chi connectivity index (χ0n) is 12.3. The lowest BCUT2D eigenvalue weighted by molar-refractivity contribution is -0.274. The van der Waals surface area contributed by atoms with Gasteiger partial charge < -0.3 is 15.5 Å². The van der Waals surface area contributed by atoms with Crippen LogP contribution in [0.1, 0.15) is 22.9 Å². The summed E-state index contributed by atoms with van der Waals surface area (Å²) in [6, 6.07) is 13.0. The number of fused-ring (bicyclic) bond motifs is 1. The van der Waals surface area contributed by atoms with Crippen molar-refractivity contribution < 1.29 is 17.9 Å². The lowest BCUT2D eigenvalue weighted by Crippen LogP contribution is -2.17. The highest BCUT2D eigenvalue weighted by molar-refractivity contribution is 5.85. The third kappa shape index (κ3) is 3.17. The molecule has 0 amide bonds. The number of benzene rings is 2. The molecular weight excluding hydrogens is 305 g/mol. The highest BCUT2D eigenvalue weighted by Gasteiger charge is 2.31. The number of ether oxygens (including phenoxy) is 1. The van der Waals surface area contributed by atoms with E-state index < -0.39 is 12.4 Å². The largest absolute Gasteiger partial charge is 0.573 e. The second-order valence-electron chi connectivity index (χ2n) is 5.30. The van der Waals surface area contributed by atoms with Gasteiger partial charge in [0.2, 0.25) is 0 Å². The zero-order valence-corrected chi connectivity index (χ0v) is 12.3. The van der Waals surface area contributed by atoms with Crippen molar-refractivity contribution in [2.45, 2.75) is 19.3 Å². The monoisotopic (exact) mass is 320 g/mol. The smallest absolute Gasteiger partial charge is 0.406 e. The standard InChI is InChI=1S/C17H15F3N2O/c1-10-15(13-4-2-3-5-14(13)22-10)16(21)11-6-8-12(9-7-11)23-17(18,19)20/h2-9,16,22H,21H2,1H3/t16-/m1/s1. The van der Waals surface area contributed by atoms with Crippen molar-refractivity contribution in [2.75, 3.05) is 0 Å². The minimum absolute atomic E-state index is 0.260. The zero-order chi connectivity index (χ0) is 16.6. The summed E-state index contributed by atoms with van der Waals surface area (Å²) < 4.78 is 40.5. The molecule has 1 atom stereocenters. The fraction of sp³-hybridized carbons (Fsp3) is 0.176. The summed E-state index contributed by atoms with van der Waals surface area (Å²) in [6.07, 6.45) is -4.70. The normalized spacial score (nSPS) is 13.3. The molecule has 1 aromatic heterocycles. The van der Waals surface area contributed by atoms with Crippen molar-refractivity contribution in [1.82, 2.24) is 4.98 Å². The van der Waals surface area contributed by atoms with E-state index in [4.69, 9.17) is 5.73 Å². The molecule has 0 aliphatic heterocycles. The number of aromatic amines is 1. The predicted molar refractivity (Wildman–Crippen MR) is 82.2 cm³/mol. The Morgan fingerprint density at radius 3 is 2.35 bits per heavy atom. The van der Waals surface area contributed by atoms with Crippen LogP contribution in [-0.2, 0) is 0 Å². The van der Waals surface area contributed by atoms with Crippen LogP contribution in [0.4, 0.5) is 13.2 Å². The molecule has 0 aliphatic rings. The first-order valence-electron chi connectivity index (χ1n) is 7.03. The molecule has 0 aliphatic carbocycles. The summed E-state index contributed by atoms with van der Waals surface area (Å²) in [6.45, 7) is 1.93. The van der Waals surface area contributed by atoms with Gasteiger partial charge in [0.25, 0.3) is 0 Å². The fourth-order valence-electron chi connectivity index (χ4n) is 2.74. The van der Waals surface area contributed by atoms with Crippen LogP contribution in [0.5, 0.6) is 5.75 Å². The summed E-state index contributed by atoms with van der Waals surface area (Å²) in [5.41, 5.74) is 9.89. The maximum Gasteiger partial charge on any atom is 0.573 e. The second kappa shape index (κ2) is 5.62. The number of alkyl halides is 3. The van der Waals surface area contributed by atoms with Crippen LogP contribution in [0, 0.1) is 6.92 Å². The van der Waals surface area contributed by atoms with Crippen LogP contribution in [-0.4, -0.2) is 11.3 Å². The van der Waals surface area contributed by atoms with Gasteiger partial charge in [0.1, 0.15) is 5.75 Å². The predicted octanol–water partition coefficient (Wildman–Crippen LogP) is 4.42. The van der Waals surface area contributed by atoms with E-state index in [1.807, 2.05) is 31.2 Å². The van der Waals surface area contributed by atoms with Crippen molar-refractivity contribution in [3.63, 3.8) is 0 Å². The van der Waals surface area contributed by atoms with E-state index in [1.54, 1.807) is 12.1 Å². The molecule has 23 heavy (non-hydrogen) atoms. The molecule has 3 aromatic rings. The van der Waals surface area contributed by atoms with Crippen LogP contribution in [0.15, 0.2) is 48.5 Å². The molecular formula is C17H15F3N2O. The average molecular weight is 320 g/mol. The van der Waals surface area contributed by atoms with Crippen molar-refractivity contribution >= 4 is 10.9 Å².